The molecule has 0 radical (unpaired) electrons. The minimum Gasteiger partial charge on any atom is -0.478 e. The Labute approximate surface area is 113 Å². The zero-order valence-electron chi connectivity index (χ0n) is 9.22. The summed E-state index contributed by atoms with van der Waals surface area (Å²) in [5.74, 6) is 0.104. The van der Waals surface area contributed by atoms with E-state index in [0.717, 1.165) is 4.90 Å². The Kier molecular flexibility index (Phi) is 3.84. The van der Waals surface area contributed by atoms with Crippen molar-refractivity contribution in [2.45, 2.75) is 10.6 Å². The van der Waals surface area contributed by atoms with Crippen LogP contribution in [0.5, 0.6) is 0 Å². The number of furan rings is 1. The van der Waals surface area contributed by atoms with Gasteiger partial charge in [-0.2, -0.15) is 0 Å². The number of halogens is 1. The minimum absolute atomic E-state index is 0.148. The zero-order chi connectivity index (χ0) is 13.1. The van der Waals surface area contributed by atoms with E-state index in [9.17, 15) is 4.79 Å². The Morgan fingerprint density at radius 3 is 2.83 bits per heavy atom. The van der Waals surface area contributed by atoms with Gasteiger partial charge in [0.25, 0.3) is 0 Å². The lowest BCUT2D eigenvalue weighted by atomic mass is 10.3. The van der Waals surface area contributed by atoms with Crippen LogP contribution in [0.3, 0.4) is 0 Å². The summed E-state index contributed by atoms with van der Waals surface area (Å²) < 4.78 is 5.14. The smallest absolute Gasteiger partial charge is 0.338 e. The number of carboxylic acid groups (broad SMARTS) is 1. The molecule has 0 aliphatic heterocycles. The van der Waals surface area contributed by atoms with E-state index in [0.29, 0.717) is 22.2 Å². The number of rotatable bonds is 4. The highest BCUT2D eigenvalue weighted by Gasteiger charge is 2.09. The number of hydrogen-bond donors (Lipinski definition) is 2. The highest BCUT2D eigenvalue weighted by molar-refractivity contribution is 7.98. The van der Waals surface area contributed by atoms with E-state index in [-0.39, 0.29) is 5.56 Å². The number of carbonyl (C=O) groups is 1. The van der Waals surface area contributed by atoms with Crippen molar-refractivity contribution in [3.05, 3.63) is 46.9 Å². The van der Waals surface area contributed by atoms with E-state index in [1.54, 1.807) is 12.1 Å². The molecule has 0 saturated heterocycles. The monoisotopic (exact) mass is 283 g/mol. The van der Waals surface area contributed by atoms with Gasteiger partial charge in [-0.05, 0) is 24.3 Å². The molecule has 6 heteroatoms. The van der Waals surface area contributed by atoms with Gasteiger partial charge in [-0.3, -0.25) is 0 Å². The van der Waals surface area contributed by atoms with E-state index in [4.69, 9.17) is 26.9 Å². The summed E-state index contributed by atoms with van der Waals surface area (Å²) in [6.07, 6.45) is 1.23. The van der Waals surface area contributed by atoms with Crippen molar-refractivity contribution < 1.29 is 14.3 Å². The number of thioether (sulfide) groups is 1. The summed E-state index contributed by atoms with van der Waals surface area (Å²) >= 11 is 7.26. The number of nitrogen functional groups attached to an aromatic ring is 1. The maximum absolute atomic E-state index is 10.7. The molecule has 94 valence electrons. The maximum Gasteiger partial charge on any atom is 0.338 e. The molecule has 4 nitrogen and oxygen atoms in total. The van der Waals surface area contributed by atoms with Crippen LogP contribution in [0, 0.1) is 0 Å². The Morgan fingerprint density at radius 1 is 1.44 bits per heavy atom. The predicted molar refractivity (Wildman–Crippen MR) is 71.1 cm³/mol. The molecule has 0 bridgehead atoms. The summed E-state index contributed by atoms with van der Waals surface area (Å²) in [4.78, 5) is 11.6. The first kappa shape index (κ1) is 12.9. The van der Waals surface area contributed by atoms with Crippen LogP contribution in [0.25, 0.3) is 0 Å². The number of anilines is 1. The fraction of sp³-hybridized carbons (Fsp3) is 0.0833. The Bertz CT molecular complexity index is 582. The molecule has 2 rings (SSSR count). The van der Waals surface area contributed by atoms with Gasteiger partial charge in [-0.15, -0.1) is 11.8 Å². The average molecular weight is 284 g/mol. The fourth-order valence-corrected chi connectivity index (χ4v) is 2.39. The average Bonchev–Trinajstić information content (AvgIpc) is 2.76. The van der Waals surface area contributed by atoms with Gasteiger partial charge in [0.15, 0.2) is 0 Å². The quantitative estimate of drug-likeness (QED) is 0.663. The maximum atomic E-state index is 10.7. The lowest BCUT2D eigenvalue weighted by molar-refractivity contribution is 0.0696. The van der Waals surface area contributed by atoms with Crippen molar-refractivity contribution in [1.29, 1.82) is 0 Å². The third-order valence-electron chi connectivity index (χ3n) is 2.24. The van der Waals surface area contributed by atoms with Crippen molar-refractivity contribution in [1.82, 2.24) is 0 Å². The van der Waals surface area contributed by atoms with Crippen molar-refractivity contribution in [3.63, 3.8) is 0 Å². The van der Waals surface area contributed by atoms with Gasteiger partial charge in [-0.25, -0.2) is 4.79 Å². The lowest BCUT2D eigenvalue weighted by Crippen LogP contribution is -1.92. The number of carboxylic acids is 1. The Balaban J connectivity index is 2.04. The molecule has 0 aliphatic rings. The first-order chi connectivity index (χ1) is 8.56. The SMILES string of the molecule is Nc1cc(Cl)ccc1SCc1cc(C(=O)O)co1. The van der Waals surface area contributed by atoms with E-state index in [2.05, 4.69) is 0 Å². The van der Waals surface area contributed by atoms with E-state index >= 15 is 0 Å². The number of nitrogens with two attached hydrogens (primary N) is 1. The van der Waals surface area contributed by atoms with Gasteiger partial charge < -0.3 is 15.3 Å². The lowest BCUT2D eigenvalue weighted by Gasteiger charge is -2.04. The fourth-order valence-electron chi connectivity index (χ4n) is 1.37. The second-order valence-electron chi connectivity index (χ2n) is 3.58. The topological polar surface area (TPSA) is 76.5 Å². The van der Waals surface area contributed by atoms with Gasteiger partial charge in [0, 0.05) is 15.6 Å². The van der Waals surface area contributed by atoms with Crippen molar-refractivity contribution >= 4 is 35.0 Å². The summed E-state index contributed by atoms with van der Waals surface area (Å²) in [5, 5.41) is 9.34. The largest absolute Gasteiger partial charge is 0.478 e. The van der Waals surface area contributed by atoms with Crippen LogP contribution in [-0.2, 0) is 5.75 Å². The Morgan fingerprint density at radius 2 is 2.22 bits per heavy atom. The summed E-state index contributed by atoms with van der Waals surface area (Å²) in [5.41, 5.74) is 6.55. The molecule has 3 N–H and O–H groups in total. The molecule has 0 amide bonds. The van der Waals surface area contributed by atoms with E-state index in [1.807, 2.05) is 6.07 Å². The third-order valence-corrected chi connectivity index (χ3v) is 3.59. The highest BCUT2D eigenvalue weighted by atomic mass is 35.5. The standard InChI is InChI=1S/C12H10ClNO3S/c13-8-1-2-11(10(14)4-8)18-6-9-3-7(5-17-9)12(15)16/h1-5H,6,14H2,(H,15,16). The van der Waals surface area contributed by atoms with Crippen LogP contribution in [0.15, 0.2) is 39.8 Å². The molecule has 0 fully saturated rings. The van der Waals surface area contributed by atoms with Gasteiger partial charge >= 0.3 is 5.97 Å². The normalized spacial score (nSPS) is 10.5. The minimum atomic E-state index is -0.999. The molecular weight excluding hydrogens is 274 g/mol. The molecule has 0 aliphatic carbocycles. The summed E-state index contributed by atoms with van der Waals surface area (Å²) in [6.45, 7) is 0. The molecule has 0 atom stereocenters. The van der Waals surface area contributed by atoms with Crippen LogP contribution >= 0.6 is 23.4 Å². The first-order valence-electron chi connectivity index (χ1n) is 5.05. The molecule has 0 spiro atoms. The second kappa shape index (κ2) is 5.37. The van der Waals surface area contributed by atoms with Crippen molar-refractivity contribution in [3.8, 4) is 0 Å². The molecule has 18 heavy (non-hydrogen) atoms. The van der Waals surface area contributed by atoms with Crippen molar-refractivity contribution in [2.24, 2.45) is 0 Å². The number of benzene rings is 1. The van der Waals surface area contributed by atoms with E-state index in [1.165, 1.54) is 24.1 Å². The first-order valence-corrected chi connectivity index (χ1v) is 6.41. The molecule has 1 aromatic carbocycles. The van der Waals surface area contributed by atoms with Crippen LogP contribution in [0.2, 0.25) is 5.02 Å². The van der Waals surface area contributed by atoms with Crippen molar-refractivity contribution in [2.75, 3.05) is 5.73 Å². The number of aromatic carboxylic acids is 1. The summed E-state index contributed by atoms with van der Waals surface area (Å²) in [6, 6.07) is 6.75. The molecule has 0 unspecified atom stereocenters. The zero-order valence-corrected chi connectivity index (χ0v) is 10.8. The summed E-state index contributed by atoms with van der Waals surface area (Å²) in [7, 11) is 0. The Hall–Kier alpha value is -1.59. The van der Waals surface area contributed by atoms with Crippen LogP contribution < -0.4 is 5.73 Å². The van der Waals surface area contributed by atoms with E-state index < -0.39 is 5.97 Å². The molecule has 1 heterocycles. The van der Waals surface area contributed by atoms with Gasteiger partial charge in [0.05, 0.1) is 11.3 Å². The van der Waals surface area contributed by atoms with Crippen LogP contribution in [0.4, 0.5) is 5.69 Å². The van der Waals surface area contributed by atoms with Gasteiger partial charge in [0.1, 0.15) is 12.0 Å². The van der Waals surface area contributed by atoms with Gasteiger partial charge in [0.2, 0.25) is 0 Å². The molecule has 2 aromatic rings. The highest BCUT2D eigenvalue weighted by Crippen LogP contribution is 2.30. The predicted octanol–water partition coefficient (Wildman–Crippen LogP) is 3.51. The number of hydrogen-bond acceptors (Lipinski definition) is 4. The third kappa shape index (κ3) is 3.00. The van der Waals surface area contributed by atoms with Gasteiger partial charge in [-0.1, -0.05) is 11.6 Å². The van der Waals surface area contributed by atoms with Crippen LogP contribution in [0.1, 0.15) is 16.1 Å². The van der Waals surface area contributed by atoms with Crippen LogP contribution in [-0.4, -0.2) is 11.1 Å². The molecule has 0 saturated carbocycles. The molecule has 1 aromatic heterocycles. The second-order valence-corrected chi connectivity index (χ2v) is 5.03. The molecular formula is C12H10ClNO3S.